The highest BCUT2D eigenvalue weighted by Crippen LogP contribution is 2.18. The predicted octanol–water partition coefficient (Wildman–Crippen LogP) is 2.34. The number of ether oxygens (including phenoxy) is 1. The molecule has 116 valence electrons. The Morgan fingerprint density at radius 2 is 2.19 bits per heavy atom. The average molecular weight is 308 g/mol. The molecular formula is C16H24N2O2S. The monoisotopic (exact) mass is 308 g/mol. The first-order chi connectivity index (χ1) is 10.2. The first-order valence-corrected chi connectivity index (χ1v) is 8.13. The van der Waals surface area contributed by atoms with Gasteiger partial charge in [0.15, 0.2) is 0 Å². The molecule has 0 aliphatic rings. The van der Waals surface area contributed by atoms with Crippen molar-refractivity contribution >= 4 is 17.2 Å². The number of methoxy groups -OCH3 is 1. The number of nitrogens with two attached hydrogens (primary N) is 1. The summed E-state index contributed by atoms with van der Waals surface area (Å²) >= 11 is 1.48. The van der Waals surface area contributed by atoms with Crippen LogP contribution in [0.25, 0.3) is 0 Å². The number of amides is 1. The topological polar surface area (TPSA) is 55.6 Å². The number of carbonyl (C=O) groups is 1. The first kappa shape index (κ1) is 17.7. The molecule has 1 aromatic rings. The first-order valence-electron chi connectivity index (χ1n) is 7.25. The molecular weight excluding hydrogens is 284 g/mol. The van der Waals surface area contributed by atoms with E-state index in [2.05, 4.69) is 25.7 Å². The number of carbonyl (C=O) groups excluding carboxylic acids is 1. The molecule has 4 nitrogen and oxygen atoms in total. The van der Waals surface area contributed by atoms with Crippen LogP contribution < -0.4 is 5.73 Å². The molecule has 0 aliphatic carbocycles. The normalized spacial score (nSPS) is 10.3. The lowest BCUT2D eigenvalue weighted by atomic mass is 10.1. The summed E-state index contributed by atoms with van der Waals surface area (Å²) < 4.78 is 5.13. The Balaban J connectivity index is 2.90. The van der Waals surface area contributed by atoms with Crippen LogP contribution in [0.15, 0.2) is 11.4 Å². The number of rotatable bonds is 7. The standard InChI is InChI=1S/C16H24N2O2S/c1-4-14(5-2)18(9-10-20-3)16(19)13-11-15(21-12-13)7-6-8-17/h11-12,14H,4-5,8-10,17H2,1-3H3. The molecule has 0 saturated carbocycles. The Bertz CT molecular complexity index is 498. The number of hydrogen-bond donors (Lipinski definition) is 1. The highest BCUT2D eigenvalue weighted by Gasteiger charge is 2.22. The second-order valence-electron chi connectivity index (χ2n) is 4.67. The van der Waals surface area contributed by atoms with Crippen LogP contribution in [0.5, 0.6) is 0 Å². The highest BCUT2D eigenvalue weighted by molar-refractivity contribution is 7.10. The fourth-order valence-corrected chi connectivity index (χ4v) is 2.94. The van der Waals surface area contributed by atoms with Gasteiger partial charge in [0.2, 0.25) is 0 Å². The summed E-state index contributed by atoms with van der Waals surface area (Å²) in [6.07, 6.45) is 1.88. The van der Waals surface area contributed by atoms with Gasteiger partial charge in [0.1, 0.15) is 0 Å². The molecule has 1 amide bonds. The molecule has 0 unspecified atom stereocenters. The van der Waals surface area contributed by atoms with Crippen LogP contribution in [0, 0.1) is 11.8 Å². The van der Waals surface area contributed by atoms with Gasteiger partial charge < -0.3 is 15.4 Å². The van der Waals surface area contributed by atoms with Crippen molar-refractivity contribution in [1.82, 2.24) is 4.90 Å². The summed E-state index contributed by atoms with van der Waals surface area (Å²) in [5.41, 5.74) is 6.06. The lowest BCUT2D eigenvalue weighted by Gasteiger charge is -2.30. The van der Waals surface area contributed by atoms with Gasteiger partial charge in [0, 0.05) is 25.1 Å². The molecule has 1 rings (SSSR count). The zero-order valence-corrected chi connectivity index (χ0v) is 13.8. The van der Waals surface area contributed by atoms with Crippen molar-refractivity contribution in [2.75, 3.05) is 26.8 Å². The van der Waals surface area contributed by atoms with E-state index in [-0.39, 0.29) is 11.9 Å². The summed E-state index contributed by atoms with van der Waals surface area (Å²) in [6, 6.07) is 2.09. The van der Waals surface area contributed by atoms with Crippen molar-refractivity contribution in [1.29, 1.82) is 0 Å². The molecule has 0 atom stereocenters. The summed E-state index contributed by atoms with van der Waals surface area (Å²) in [5.74, 6) is 5.83. The summed E-state index contributed by atoms with van der Waals surface area (Å²) in [6.45, 7) is 5.70. The van der Waals surface area contributed by atoms with Gasteiger partial charge in [-0.2, -0.15) is 0 Å². The molecule has 0 fully saturated rings. The summed E-state index contributed by atoms with van der Waals surface area (Å²) in [4.78, 5) is 15.5. The number of thiophene rings is 1. The fourth-order valence-electron chi connectivity index (χ4n) is 2.19. The van der Waals surface area contributed by atoms with Gasteiger partial charge in [-0.1, -0.05) is 25.7 Å². The van der Waals surface area contributed by atoms with Crippen molar-refractivity contribution in [3.8, 4) is 11.8 Å². The van der Waals surface area contributed by atoms with E-state index in [0.717, 1.165) is 17.7 Å². The van der Waals surface area contributed by atoms with Crippen molar-refractivity contribution in [3.05, 3.63) is 21.9 Å². The molecule has 1 aromatic heterocycles. The largest absolute Gasteiger partial charge is 0.383 e. The van der Waals surface area contributed by atoms with E-state index in [1.54, 1.807) is 7.11 Å². The van der Waals surface area contributed by atoms with Crippen LogP contribution in [0.1, 0.15) is 41.9 Å². The van der Waals surface area contributed by atoms with Crippen molar-refractivity contribution in [3.63, 3.8) is 0 Å². The van der Waals surface area contributed by atoms with E-state index >= 15 is 0 Å². The van der Waals surface area contributed by atoms with Crippen LogP contribution in [0.4, 0.5) is 0 Å². The van der Waals surface area contributed by atoms with Crippen molar-refractivity contribution in [2.45, 2.75) is 32.7 Å². The second-order valence-corrected chi connectivity index (χ2v) is 5.58. The molecule has 0 spiro atoms. The Hall–Kier alpha value is -1.35. The van der Waals surface area contributed by atoms with Crippen LogP contribution in [-0.2, 0) is 4.74 Å². The molecule has 5 heteroatoms. The molecule has 0 aliphatic heterocycles. The van der Waals surface area contributed by atoms with Crippen molar-refractivity contribution < 1.29 is 9.53 Å². The number of hydrogen-bond acceptors (Lipinski definition) is 4. The molecule has 0 bridgehead atoms. The van der Waals surface area contributed by atoms with Crippen LogP contribution in [0.2, 0.25) is 0 Å². The Labute approximate surface area is 131 Å². The van der Waals surface area contributed by atoms with E-state index in [9.17, 15) is 4.79 Å². The van der Waals surface area contributed by atoms with Gasteiger partial charge in [-0.3, -0.25) is 4.79 Å². The third-order valence-corrected chi connectivity index (χ3v) is 4.19. The van der Waals surface area contributed by atoms with E-state index in [1.165, 1.54) is 11.3 Å². The summed E-state index contributed by atoms with van der Waals surface area (Å²) in [7, 11) is 1.65. The van der Waals surface area contributed by atoms with Gasteiger partial charge >= 0.3 is 0 Å². The Kier molecular flexibility index (Phi) is 8.06. The van der Waals surface area contributed by atoms with Gasteiger partial charge in [0.25, 0.3) is 5.91 Å². The quantitative estimate of drug-likeness (QED) is 0.787. The molecule has 1 heterocycles. The van der Waals surface area contributed by atoms with E-state index < -0.39 is 0 Å². The Morgan fingerprint density at radius 3 is 2.76 bits per heavy atom. The minimum Gasteiger partial charge on any atom is -0.383 e. The fraction of sp³-hybridized carbons (Fsp3) is 0.562. The van der Waals surface area contributed by atoms with Gasteiger partial charge in [-0.05, 0) is 18.9 Å². The smallest absolute Gasteiger partial charge is 0.255 e. The third-order valence-electron chi connectivity index (χ3n) is 3.34. The maximum atomic E-state index is 12.7. The van der Waals surface area contributed by atoms with Crippen LogP contribution >= 0.6 is 11.3 Å². The van der Waals surface area contributed by atoms with Gasteiger partial charge in [-0.25, -0.2) is 0 Å². The maximum absolute atomic E-state index is 12.7. The predicted molar refractivity (Wildman–Crippen MR) is 87.5 cm³/mol. The van der Waals surface area contributed by atoms with E-state index in [0.29, 0.717) is 25.3 Å². The minimum absolute atomic E-state index is 0.0535. The zero-order chi connectivity index (χ0) is 15.7. The maximum Gasteiger partial charge on any atom is 0.255 e. The highest BCUT2D eigenvalue weighted by atomic mass is 32.1. The second kappa shape index (κ2) is 9.56. The molecule has 21 heavy (non-hydrogen) atoms. The third kappa shape index (κ3) is 5.16. The molecule has 0 aromatic carbocycles. The molecule has 0 saturated heterocycles. The minimum atomic E-state index is 0.0535. The van der Waals surface area contributed by atoms with E-state index in [1.807, 2.05) is 16.3 Å². The zero-order valence-electron chi connectivity index (χ0n) is 13.0. The lowest BCUT2D eigenvalue weighted by molar-refractivity contribution is 0.0590. The van der Waals surface area contributed by atoms with Crippen molar-refractivity contribution in [2.24, 2.45) is 5.73 Å². The van der Waals surface area contributed by atoms with E-state index in [4.69, 9.17) is 10.5 Å². The van der Waals surface area contributed by atoms with Crippen LogP contribution in [0.3, 0.4) is 0 Å². The SMILES string of the molecule is CCC(CC)N(CCOC)C(=O)c1csc(C#CCN)c1. The van der Waals surface area contributed by atoms with Gasteiger partial charge in [0.05, 0.1) is 23.6 Å². The average Bonchev–Trinajstić information content (AvgIpc) is 2.97. The molecule has 2 N–H and O–H groups in total. The van der Waals surface area contributed by atoms with Crippen LogP contribution in [-0.4, -0.2) is 43.7 Å². The van der Waals surface area contributed by atoms with Gasteiger partial charge in [-0.15, -0.1) is 11.3 Å². The lowest BCUT2D eigenvalue weighted by Crippen LogP contribution is -2.41. The molecule has 0 radical (unpaired) electrons. The number of nitrogens with zero attached hydrogens (tertiary/aromatic N) is 1. The Morgan fingerprint density at radius 1 is 1.48 bits per heavy atom. The summed E-state index contributed by atoms with van der Waals surface area (Å²) in [5, 5.41) is 1.87.